The number of likely N-dealkylation sites (N-methyl/N-ethyl adjacent to an activating group) is 1. The van der Waals surface area contributed by atoms with Crippen molar-refractivity contribution in [2.45, 2.75) is 50.2 Å². The topological polar surface area (TPSA) is 41.3 Å². The van der Waals surface area contributed by atoms with E-state index in [-0.39, 0.29) is 11.6 Å². The van der Waals surface area contributed by atoms with Gasteiger partial charge in [-0.05, 0) is 32.5 Å². The molecule has 1 N–H and O–H groups in total. The molecule has 0 aromatic carbocycles. The van der Waals surface area contributed by atoms with Crippen molar-refractivity contribution in [3.05, 3.63) is 18.0 Å². The Bertz CT molecular complexity index is 380. The van der Waals surface area contributed by atoms with Gasteiger partial charge in [-0.15, -0.1) is 0 Å². The number of hydrogen-bond acceptors (Lipinski definition) is 3. The van der Waals surface area contributed by atoms with Gasteiger partial charge in [0.2, 0.25) is 0 Å². The van der Waals surface area contributed by atoms with E-state index in [2.05, 4.69) is 24.1 Å². The van der Waals surface area contributed by atoms with Crippen LogP contribution in [0.4, 0.5) is 0 Å². The van der Waals surface area contributed by atoms with Gasteiger partial charge in [0.05, 0.1) is 12.3 Å². The Morgan fingerprint density at radius 2 is 2.06 bits per heavy atom. The van der Waals surface area contributed by atoms with E-state index in [1.54, 1.807) is 4.68 Å². The molecule has 1 unspecified atom stereocenters. The summed E-state index contributed by atoms with van der Waals surface area (Å²) in [6.45, 7) is 0. The van der Waals surface area contributed by atoms with Gasteiger partial charge in [0.1, 0.15) is 0 Å². The average Bonchev–Trinajstić information content (AvgIpc) is 2.75. The van der Waals surface area contributed by atoms with Crippen molar-refractivity contribution in [2.75, 3.05) is 14.1 Å². The molecule has 0 amide bonds. The SMILES string of the molecule is CN(C)C1(C(O)Cc2cnn(C)c2)CCCCC1. The highest BCUT2D eigenvalue weighted by atomic mass is 16.3. The summed E-state index contributed by atoms with van der Waals surface area (Å²) >= 11 is 0. The summed E-state index contributed by atoms with van der Waals surface area (Å²) in [7, 11) is 6.10. The van der Waals surface area contributed by atoms with Gasteiger partial charge < -0.3 is 10.0 Å². The van der Waals surface area contributed by atoms with Crippen molar-refractivity contribution in [3.8, 4) is 0 Å². The van der Waals surface area contributed by atoms with Gasteiger partial charge >= 0.3 is 0 Å². The van der Waals surface area contributed by atoms with Crippen LogP contribution in [0.15, 0.2) is 12.4 Å². The number of aromatic nitrogens is 2. The second-order valence-electron chi connectivity index (χ2n) is 5.80. The Kier molecular flexibility index (Phi) is 4.07. The summed E-state index contributed by atoms with van der Waals surface area (Å²) < 4.78 is 1.80. The molecule has 4 heteroatoms. The van der Waals surface area contributed by atoms with Gasteiger partial charge in [0.25, 0.3) is 0 Å². The van der Waals surface area contributed by atoms with Crippen LogP contribution in [0.3, 0.4) is 0 Å². The van der Waals surface area contributed by atoms with E-state index < -0.39 is 0 Å². The number of nitrogens with zero attached hydrogens (tertiary/aromatic N) is 3. The summed E-state index contributed by atoms with van der Waals surface area (Å²) in [6.07, 6.45) is 10.2. The van der Waals surface area contributed by atoms with Gasteiger partial charge in [-0.2, -0.15) is 5.10 Å². The third kappa shape index (κ3) is 2.59. The first kappa shape index (κ1) is 13.6. The van der Waals surface area contributed by atoms with E-state index in [9.17, 15) is 5.11 Å². The van der Waals surface area contributed by atoms with E-state index in [1.165, 1.54) is 19.3 Å². The van der Waals surface area contributed by atoms with Crippen LogP contribution < -0.4 is 0 Å². The maximum atomic E-state index is 10.7. The van der Waals surface area contributed by atoms with Crippen LogP contribution in [0.25, 0.3) is 0 Å². The van der Waals surface area contributed by atoms with Crippen LogP contribution in [0.1, 0.15) is 37.7 Å². The monoisotopic (exact) mass is 251 g/mol. The summed E-state index contributed by atoms with van der Waals surface area (Å²) in [5.74, 6) is 0. The summed E-state index contributed by atoms with van der Waals surface area (Å²) in [5, 5.41) is 14.9. The van der Waals surface area contributed by atoms with E-state index in [1.807, 2.05) is 19.4 Å². The Hall–Kier alpha value is -0.870. The van der Waals surface area contributed by atoms with Crippen molar-refractivity contribution >= 4 is 0 Å². The third-order valence-electron chi connectivity index (χ3n) is 4.42. The standard InChI is InChI=1S/C14H25N3O/c1-16(2)14(7-5-4-6-8-14)13(18)9-12-10-15-17(3)11-12/h10-11,13,18H,4-9H2,1-3H3. The predicted molar refractivity (Wildman–Crippen MR) is 72.4 cm³/mol. The van der Waals surface area contributed by atoms with Crippen LogP contribution >= 0.6 is 0 Å². The normalized spacial score (nSPS) is 21.2. The molecule has 0 bridgehead atoms. The molecular formula is C14H25N3O. The van der Waals surface area contributed by atoms with E-state index in [4.69, 9.17) is 0 Å². The van der Waals surface area contributed by atoms with Gasteiger partial charge in [0.15, 0.2) is 0 Å². The van der Waals surface area contributed by atoms with Gasteiger partial charge in [-0.3, -0.25) is 4.68 Å². The molecule has 18 heavy (non-hydrogen) atoms. The van der Waals surface area contributed by atoms with Crippen LogP contribution in [0.2, 0.25) is 0 Å². The van der Waals surface area contributed by atoms with Crippen LogP contribution in [0.5, 0.6) is 0 Å². The zero-order valence-electron chi connectivity index (χ0n) is 11.8. The first-order valence-electron chi connectivity index (χ1n) is 6.87. The largest absolute Gasteiger partial charge is 0.391 e. The van der Waals surface area contributed by atoms with E-state index in [0.717, 1.165) is 18.4 Å². The molecule has 0 radical (unpaired) electrons. The van der Waals surface area contributed by atoms with Gasteiger partial charge in [-0.25, -0.2) is 0 Å². The molecule has 0 saturated heterocycles. The van der Waals surface area contributed by atoms with Gasteiger partial charge in [-0.1, -0.05) is 19.3 Å². The lowest BCUT2D eigenvalue weighted by Crippen LogP contribution is -2.55. The molecule has 4 nitrogen and oxygen atoms in total. The second kappa shape index (κ2) is 5.41. The Labute approximate surface area is 110 Å². The molecule has 0 spiro atoms. The molecule has 1 fully saturated rings. The number of aryl methyl sites for hydroxylation is 1. The molecule has 1 aliphatic carbocycles. The quantitative estimate of drug-likeness (QED) is 0.883. The lowest BCUT2D eigenvalue weighted by atomic mass is 9.75. The molecule has 1 aliphatic rings. The Morgan fingerprint density at radius 3 is 2.56 bits per heavy atom. The van der Waals surface area contributed by atoms with Crippen molar-refractivity contribution < 1.29 is 5.11 Å². The summed E-state index contributed by atoms with van der Waals surface area (Å²) in [4.78, 5) is 2.23. The molecule has 2 rings (SSSR count). The highest BCUT2D eigenvalue weighted by molar-refractivity contribution is 5.09. The number of hydrogen-bond donors (Lipinski definition) is 1. The zero-order valence-corrected chi connectivity index (χ0v) is 11.8. The maximum Gasteiger partial charge on any atom is 0.0765 e. The fraction of sp³-hybridized carbons (Fsp3) is 0.786. The molecule has 1 heterocycles. The lowest BCUT2D eigenvalue weighted by molar-refractivity contribution is -0.0310. The fourth-order valence-corrected chi connectivity index (χ4v) is 3.23. The second-order valence-corrected chi connectivity index (χ2v) is 5.80. The van der Waals surface area contributed by atoms with Crippen molar-refractivity contribution in [2.24, 2.45) is 7.05 Å². The predicted octanol–water partition coefficient (Wildman–Crippen LogP) is 1.59. The summed E-state index contributed by atoms with van der Waals surface area (Å²) in [6, 6.07) is 0. The first-order valence-corrected chi connectivity index (χ1v) is 6.87. The van der Waals surface area contributed by atoms with Crippen molar-refractivity contribution in [3.63, 3.8) is 0 Å². The molecule has 1 aromatic rings. The van der Waals surface area contributed by atoms with Gasteiger partial charge in [0, 0.05) is 25.2 Å². The van der Waals surface area contributed by atoms with Crippen LogP contribution in [-0.4, -0.2) is 45.5 Å². The molecule has 0 aliphatic heterocycles. The highest BCUT2D eigenvalue weighted by Gasteiger charge is 2.40. The highest BCUT2D eigenvalue weighted by Crippen LogP contribution is 2.36. The molecular weight excluding hydrogens is 226 g/mol. The van der Waals surface area contributed by atoms with E-state index in [0.29, 0.717) is 6.42 Å². The average molecular weight is 251 g/mol. The molecule has 1 saturated carbocycles. The zero-order chi connectivity index (χ0) is 13.2. The Balaban J connectivity index is 2.10. The molecule has 1 aromatic heterocycles. The maximum absolute atomic E-state index is 10.7. The summed E-state index contributed by atoms with van der Waals surface area (Å²) in [5.41, 5.74) is 1.07. The first-order chi connectivity index (χ1) is 8.54. The minimum Gasteiger partial charge on any atom is -0.391 e. The van der Waals surface area contributed by atoms with Crippen LogP contribution in [-0.2, 0) is 13.5 Å². The Morgan fingerprint density at radius 1 is 1.39 bits per heavy atom. The minimum atomic E-state index is -0.308. The fourth-order valence-electron chi connectivity index (χ4n) is 3.23. The molecule has 1 atom stereocenters. The number of rotatable bonds is 4. The number of aliphatic hydroxyl groups excluding tert-OH is 1. The third-order valence-corrected chi connectivity index (χ3v) is 4.42. The van der Waals surface area contributed by atoms with Crippen molar-refractivity contribution in [1.82, 2.24) is 14.7 Å². The smallest absolute Gasteiger partial charge is 0.0765 e. The van der Waals surface area contributed by atoms with Crippen molar-refractivity contribution in [1.29, 1.82) is 0 Å². The number of aliphatic hydroxyl groups is 1. The molecule has 102 valence electrons. The van der Waals surface area contributed by atoms with E-state index >= 15 is 0 Å². The van der Waals surface area contributed by atoms with Crippen LogP contribution in [0, 0.1) is 0 Å². The lowest BCUT2D eigenvalue weighted by Gasteiger charge is -2.46. The minimum absolute atomic E-state index is 0.0475.